The van der Waals surface area contributed by atoms with Crippen molar-refractivity contribution in [2.45, 2.75) is 61.9 Å². The van der Waals surface area contributed by atoms with E-state index in [0.717, 1.165) is 53.8 Å². The van der Waals surface area contributed by atoms with Crippen LogP contribution in [0, 0.1) is 0 Å². The fourth-order valence-electron chi connectivity index (χ4n) is 4.03. The molecule has 0 atom stereocenters. The van der Waals surface area contributed by atoms with Crippen molar-refractivity contribution in [3.63, 3.8) is 0 Å². The van der Waals surface area contributed by atoms with E-state index in [0.29, 0.717) is 18.9 Å². The molecule has 0 radical (unpaired) electrons. The molecular formula is C21H24N6OS. The van der Waals surface area contributed by atoms with Gasteiger partial charge in [0.1, 0.15) is 5.82 Å². The van der Waals surface area contributed by atoms with Crippen molar-refractivity contribution in [3.8, 4) is 5.69 Å². The number of amides is 1. The van der Waals surface area contributed by atoms with Crippen LogP contribution < -0.4 is 5.73 Å². The lowest BCUT2D eigenvalue weighted by molar-refractivity contribution is -0.118. The molecule has 1 saturated carbocycles. The number of benzene rings is 1. The van der Waals surface area contributed by atoms with Gasteiger partial charge in [0.25, 0.3) is 0 Å². The molecule has 0 spiro atoms. The minimum atomic E-state index is -0.296. The zero-order valence-electron chi connectivity index (χ0n) is 16.3. The lowest BCUT2D eigenvalue weighted by Crippen LogP contribution is -2.15. The van der Waals surface area contributed by atoms with Crippen LogP contribution >= 0.6 is 11.8 Å². The van der Waals surface area contributed by atoms with Crippen LogP contribution in [0.2, 0.25) is 0 Å². The molecule has 2 aromatic heterocycles. The van der Waals surface area contributed by atoms with Gasteiger partial charge in [0.15, 0.2) is 5.16 Å². The van der Waals surface area contributed by atoms with Crippen molar-refractivity contribution in [1.29, 1.82) is 0 Å². The van der Waals surface area contributed by atoms with Crippen molar-refractivity contribution < 1.29 is 4.79 Å². The maximum atomic E-state index is 11.3. The molecule has 2 aliphatic carbocycles. The van der Waals surface area contributed by atoms with Gasteiger partial charge in [-0.05, 0) is 49.8 Å². The van der Waals surface area contributed by atoms with Crippen LogP contribution in [0.4, 0.5) is 0 Å². The predicted molar refractivity (Wildman–Crippen MR) is 111 cm³/mol. The first kappa shape index (κ1) is 18.4. The van der Waals surface area contributed by atoms with Gasteiger partial charge < -0.3 is 10.3 Å². The Morgan fingerprint density at radius 1 is 1.17 bits per heavy atom. The lowest BCUT2D eigenvalue weighted by Gasteiger charge is -2.08. The number of carbonyl (C=O) groups is 1. The number of rotatable bonds is 8. The maximum Gasteiger partial charge on any atom is 0.219 e. The second kappa shape index (κ2) is 7.67. The zero-order valence-corrected chi connectivity index (χ0v) is 17.1. The number of nitrogens with two attached hydrogens (primary N) is 1. The Hall–Kier alpha value is -2.61. The molecule has 150 valence electrons. The molecule has 2 N–H and O–H groups in total. The van der Waals surface area contributed by atoms with Crippen LogP contribution in [0.15, 0.2) is 35.5 Å². The van der Waals surface area contributed by atoms with E-state index in [4.69, 9.17) is 10.8 Å². The third kappa shape index (κ3) is 3.69. The van der Waals surface area contributed by atoms with E-state index in [-0.39, 0.29) is 5.91 Å². The molecule has 0 unspecified atom stereocenters. The molecule has 1 amide bonds. The van der Waals surface area contributed by atoms with E-state index in [1.165, 1.54) is 17.7 Å². The number of aromatic nitrogens is 5. The summed E-state index contributed by atoms with van der Waals surface area (Å²) in [6.07, 6.45) is 5.94. The SMILES string of the molecule is NC(=O)CCn1c(SCc2nn(-c3ccccc3)c3c2CCC3)nnc1C1CC1. The normalized spacial score (nSPS) is 15.6. The van der Waals surface area contributed by atoms with Crippen molar-refractivity contribution in [1.82, 2.24) is 24.5 Å². The van der Waals surface area contributed by atoms with Crippen LogP contribution in [0.5, 0.6) is 0 Å². The van der Waals surface area contributed by atoms with Crippen molar-refractivity contribution in [2.24, 2.45) is 5.73 Å². The highest BCUT2D eigenvalue weighted by atomic mass is 32.2. The first-order chi connectivity index (χ1) is 14.2. The molecule has 2 heterocycles. The van der Waals surface area contributed by atoms with E-state index >= 15 is 0 Å². The summed E-state index contributed by atoms with van der Waals surface area (Å²) >= 11 is 1.65. The third-order valence-electron chi connectivity index (χ3n) is 5.62. The monoisotopic (exact) mass is 408 g/mol. The lowest BCUT2D eigenvalue weighted by atomic mass is 10.2. The molecule has 8 heteroatoms. The predicted octanol–water partition coefficient (Wildman–Crippen LogP) is 3.00. The smallest absolute Gasteiger partial charge is 0.219 e. The molecule has 0 saturated heterocycles. The molecule has 0 bridgehead atoms. The summed E-state index contributed by atoms with van der Waals surface area (Å²) in [6, 6.07) is 10.3. The number of thioether (sulfide) groups is 1. The fraction of sp³-hybridized carbons (Fsp3) is 0.429. The van der Waals surface area contributed by atoms with Gasteiger partial charge in [-0.15, -0.1) is 10.2 Å². The standard InChI is InChI=1S/C21H24N6OS/c22-19(28)11-12-26-20(14-9-10-14)23-24-21(26)29-13-17-16-7-4-8-18(16)27(25-17)15-5-2-1-3-6-15/h1-3,5-6,14H,4,7-13H2,(H2,22,28). The number of primary amides is 1. The molecule has 1 aromatic carbocycles. The van der Waals surface area contributed by atoms with Crippen molar-refractivity contribution in [3.05, 3.63) is 53.1 Å². The summed E-state index contributed by atoms with van der Waals surface area (Å²) in [5.74, 6) is 1.93. The van der Waals surface area contributed by atoms with Crippen LogP contribution in [-0.4, -0.2) is 30.5 Å². The van der Waals surface area contributed by atoms with Gasteiger partial charge in [0.05, 0.1) is 11.4 Å². The summed E-state index contributed by atoms with van der Waals surface area (Å²) in [7, 11) is 0. The Morgan fingerprint density at radius 2 is 2.00 bits per heavy atom. The summed E-state index contributed by atoms with van der Waals surface area (Å²) < 4.78 is 4.19. The van der Waals surface area contributed by atoms with Crippen LogP contribution in [0.3, 0.4) is 0 Å². The minimum absolute atomic E-state index is 0.296. The van der Waals surface area contributed by atoms with Gasteiger partial charge in [-0.3, -0.25) is 4.79 Å². The first-order valence-corrected chi connectivity index (χ1v) is 11.2. The van der Waals surface area contributed by atoms with Crippen molar-refractivity contribution >= 4 is 17.7 Å². The molecule has 5 rings (SSSR count). The van der Waals surface area contributed by atoms with Crippen LogP contribution in [-0.2, 0) is 29.9 Å². The Morgan fingerprint density at radius 3 is 2.76 bits per heavy atom. The zero-order chi connectivity index (χ0) is 19.8. The summed E-state index contributed by atoms with van der Waals surface area (Å²) in [6.45, 7) is 0.549. The summed E-state index contributed by atoms with van der Waals surface area (Å²) in [4.78, 5) is 11.3. The number of hydrogen-bond acceptors (Lipinski definition) is 5. The van der Waals surface area contributed by atoms with Crippen LogP contribution in [0.1, 0.15) is 54.4 Å². The molecule has 1 fully saturated rings. The number of hydrogen-bond donors (Lipinski definition) is 1. The molecular weight excluding hydrogens is 384 g/mol. The van der Waals surface area contributed by atoms with Crippen LogP contribution in [0.25, 0.3) is 5.69 Å². The largest absolute Gasteiger partial charge is 0.370 e. The topological polar surface area (TPSA) is 91.6 Å². The number of para-hydroxylation sites is 1. The molecule has 29 heavy (non-hydrogen) atoms. The highest BCUT2D eigenvalue weighted by molar-refractivity contribution is 7.98. The molecule has 0 aliphatic heterocycles. The summed E-state index contributed by atoms with van der Waals surface area (Å²) in [5.41, 5.74) is 10.3. The summed E-state index contributed by atoms with van der Waals surface area (Å²) in [5, 5.41) is 14.6. The van der Waals surface area contributed by atoms with E-state index in [1.54, 1.807) is 11.8 Å². The Labute approximate surface area is 173 Å². The molecule has 7 nitrogen and oxygen atoms in total. The molecule has 3 aromatic rings. The average Bonchev–Trinajstić information content (AvgIpc) is 3.17. The number of nitrogens with zero attached hydrogens (tertiary/aromatic N) is 5. The second-order valence-electron chi connectivity index (χ2n) is 7.74. The van der Waals surface area contributed by atoms with Gasteiger partial charge in [0, 0.05) is 30.3 Å². The highest BCUT2D eigenvalue weighted by Crippen LogP contribution is 2.40. The number of carbonyl (C=O) groups excluding carboxylic acids is 1. The van der Waals surface area contributed by atoms with Gasteiger partial charge in [-0.25, -0.2) is 4.68 Å². The second-order valence-corrected chi connectivity index (χ2v) is 8.69. The Kier molecular flexibility index (Phi) is 4.87. The fourth-order valence-corrected chi connectivity index (χ4v) is 4.96. The first-order valence-electron chi connectivity index (χ1n) is 10.2. The van der Waals surface area contributed by atoms with Gasteiger partial charge in [-0.2, -0.15) is 5.10 Å². The minimum Gasteiger partial charge on any atom is -0.370 e. The van der Waals surface area contributed by atoms with Gasteiger partial charge in [-0.1, -0.05) is 30.0 Å². The van der Waals surface area contributed by atoms with Crippen molar-refractivity contribution in [2.75, 3.05) is 0 Å². The van der Waals surface area contributed by atoms with E-state index in [9.17, 15) is 4.79 Å². The Balaban J connectivity index is 1.39. The van der Waals surface area contributed by atoms with E-state index in [1.807, 2.05) is 18.2 Å². The maximum absolute atomic E-state index is 11.3. The quantitative estimate of drug-likeness (QED) is 0.579. The van der Waals surface area contributed by atoms with E-state index < -0.39 is 0 Å². The Bertz CT molecular complexity index is 1040. The van der Waals surface area contributed by atoms with Gasteiger partial charge >= 0.3 is 0 Å². The molecule has 2 aliphatic rings. The van der Waals surface area contributed by atoms with E-state index in [2.05, 4.69) is 31.6 Å². The average molecular weight is 409 g/mol. The highest BCUT2D eigenvalue weighted by Gasteiger charge is 2.31. The van der Waals surface area contributed by atoms with Gasteiger partial charge in [0.2, 0.25) is 5.91 Å². The third-order valence-corrected chi connectivity index (χ3v) is 6.60. The number of fused-ring (bicyclic) bond motifs is 1.